The molecule has 1 N–H and O–H groups in total. The van der Waals surface area contributed by atoms with Crippen LogP contribution in [0.5, 0.6) is 5.75 Å². The molecular formula is C14H19Br2NO3. The van der Waals surface area contributed by atoms with Gasteiger partial charge in [-0.3, -0.25) is 4.79 Å². The minimum absolute atomic E-state index is 0.160. The fourth-order valence-corrected chi connectivity index (χ4v) is 3.46. The smallest absolute Gasteiger partial charge is 0.323 e. The summed E-state index contributed by atoms with van der Waals surface area (Å²) in [5.74, 6) is 0.668. The van der Waals surface area contributed by atoms with Crippen LogP contribution in [0.25, 0.3) is 0 Å². The quantitative estimate of drug-likeness (QED) is 0.731. The summed E-state index contributed by atoms with van der Waals surface area (Å²) < 4.78 is 11.8. The third-order valence-electron chi connectivity index (χ3n) is 2.91. The van der Waals surface area contributed by atoms with Crippen molar-refractivity contribution in [3.05, 3.63) is 26.6 Å². The highest BCUT2D eigenvalue weighted by atomic mass is 79.9. The van der Waals surface area contributed by atoms with Gasteiger partial charge in [-0.25, -0.2) is 0 Å². The lowest BCUT2D eigenvalue weighted by molar-refractivity contribution is -0.144. The maximum atomic E-state index is 11.7. The van der Waals surface area contributed by atoms with Crippen LogP contribution in [0.1, 0.15) is 19.4 Å². The van der Waals surface area contributed by atoms with Crippen LogP contribution in [-0.4, -0.2) is 26.2 Å². The van der Waals surface area contributed by atoms with Crippen molar-refractivity contribution in [1.29, 1.82) is 0 Å². The third-order valence-corrected chi connectivity index (χ3v) is 4.09. The molecule has 0 aliphatic heterocycles. The number of hydrogen-bond donors (Lipinski definition) is 1. The van der Waals surface area contributed by atoms with Gasteiger partial charge < -0.3 is 14.8 Å². The SMILES string of the molecule is COC(=O)C(NCc1cc(Br)c(OC)c(Br)c1)C(C)C. The highest BCUT2D eigenvalue weighted by molar-refractivity contribution is 9.11. The Morgan fingerprint density at radius 1 is 1.25 bits per heavy atom. The third kappa shape index (κ3) is 4.46. The molecule has 4 nitrogen and oxygen atoms in total. The molecule has 112 valence electrons. The van der Waals surface area contributed by atoms with Crippen LogP contribution in [-0.2, 0) is 16.1 Å². The summed E-state index contributed by atoms with van der Waals surface area (Å²) in [6.45, 7) is 4.53. The van der Waals surface area contributed by atoms with Gasteiger partial charge in [0.25, 0.3) is 0 Å². The molecular weight excluding hydrogens is 390 g/mol. The number of methoxy groups -OCH3 is 2. The predicted octanol–water partition coefficient (Wildman–Crippen LogP) is 3.51. The Kier molecular flexibility index (Phi) is 6.99. The van der Waals surface area contributed by atoms with Gasteiger partial charge in [-0.05, 0) is 55.5 Å². The highest BCUT2D eigenvalue weighted by Crippen LogP contribution is 2.34. The Hall–Kier alpha value is -0.590. The van der Waals surface area contributed by atoms with Crippen molar-refractivity contribution >= 4 is 37.8 Å². The van der Waals surface area contributed by atoms with E-state index in [4.69, 9.17) is 9.47 Å². The van der Waals surface area contributed by atoms with E-state index in [1.54, 1.807) is 7.11 Å². The number of hydrogen-bond acceptors (Lipinski definition) is 4. The van der Waals surface area contributed by atoms with Crippen molar-refractivity contribution in [3.63, 3.8) is 0 Å². The van der Waals surface area contributed by atoms with Crippen LogP contribution < -0.4 is 10.1 Å². The molecule has 1 rings (SSSR count). The number of ether oxygens (including phenoxy) is 2. The monoisotopic (exact) mass is 407 g/mol. The maximum Gasteiger partial charge on any atom is 0.323 e. The zero-order valence-electron chi connectivity index (χ0n) is 12.0. The van der Waals surface area contributed by atoms with Crippen LogP contribution in [0, 0.1) is 5.92 Å². The van der Waals surface area contributed by atoms with E-state index in [1.807, 2.05) is 26.0 Å². The average Bonchev–Trinajstić information content (AvgIpc) is 2.37. The van der Waals surface area contributed by atoms with E-state index in [-0.39, 0.29) is 17.9 Å². The molecule has 1 unspecified atom stereocenters. The van der Waals surface area contributed by atoms with Crippen LogP contribution in [0.4, 0.5) is 0 Å². The molecule has 6 heteroatoms. The van der Waals surface area contributed by atoms with Crippen molar-refractivity contribution in [3.8, 4) is 5.75 Å². The van der Waals surface area contributed by atoms with Crippen LogP contribution in [0.15, 0.2) is 21.1 Å². The summed E-state index contributed by atoms with van der Waals surface area (Å²) in [6, 6.07) is 3.61. The van der Waals surface area contributed by atoms with Crippen LogP contribution >= 0.6 is 31.9 Å². The average molecular weight is 409 g/mol. The van der Waals surface area contributed by atoms with Crippen molar-refractivity contribution in [2.75, 3.05) is 14.2 Å². The van der Waals surface area contributed by atoms with Crippen LogP contribution in [0.3, 0.4) is 0 Å². The number of halogens is 2. The van der Waals surface area contributed by atoms with Crippen molar-refractivity contribution in [2.45, 2.75) is 26.4 Å². The Labute approximate surface area is 136 Å². The molecule has 0 aliphatic carbocycles. The summed E-state index contributed by atoms with van der Waals surface area (Å²) in [7, 11) is 3.02. The number of carbonyl (C=O) groups excluding carboxylic acids is 1. The first-order valence-corrected chi connectivity index (χ1v) is 7.82. The predicted molar refractivity (Wildman–Crippen MR) is 85.9 cm³/mol. The van der Waals surface area contributed by atoms with Gasteiger partial charge in [0.15, 0.2) is 0 Å². The first-order valence-electron chi connectivity index (χ1n) is 6.23. The second-order valence-electron chi connectivity index (χ2n) is 4.72. The lowest BCUT2D eigenvalue weighted by Crippen LogP contribution is -2.41. The van der Waals surface area contributed by atoms with E-state index in [0.29, 0.717) is 6.54 Å². The second-order valence-corrected chi connectivity index (χ2v) is 6.43. The number of esters is 1. The molecule has 0 saturated carbocycles. The lowest BCUT2D eigenvalue weighted by Gasteiger charge is -2.20. The molecule has 1 aromatic rings. The summed E-state index contributed by atoms with van der Waals surface area (Å²) in [6.07, 6.45) is 0. The number of rotatable bonds is 6. The van der Waals surface area contributed by atoms with Crippen molar-refractivity contribution in [1.82, 2.24) is 5.32 Å². The van der Waals surface area contributed by atoms with E-state index >= 15 is 0 Å². The Morgan fingerprint density at radius 2 is 1.80 bits per heavy atom. The van der Waals surface area contributed by atoms with Crippen molar-refractivity contribution in [2.24, 2.45) is 5.92 Å². The molecule has 0 aliphatic rings. The Balaban J connectivity index is 2.81. The molecule has 1 aromatic carbocycles. The second kappa shape index (κ2) is 8.00. The summed E-state index contributed by atoms with van der Waals surface area (Å²) in [5.41, 5.74) is 1.04. The molecule has 20 heavy (non-hydrogen) atoms. The van der Waals surface area contributed by atoms with E-state index in [1.165, 1.54) is 7.11 Å². The first-order chi connectivity index (χ1) is 9.40. The van der Waals surface area contributed by atoms with Gasteiger partial charge in [0.05, 0.1) is 23.2 Å². The van der Waals surface area contributed by atoms with E-state index in [0.717, 1.165) is 20.3 Å². The number of nitrogens with one attached hydrogen (secondary N) is 1. The minimum Gasteiger partial charge on any atom is -0.494 e. The Morgan fingerprint density at radius 3 is 2.20 bits per heavy atom. The van der Waals surface area contributed by atoms with Gasteiger partial charge in [-0.1, -0.05) is 13.8 Å². The molecule has 0 amide bonds. The van der Waals surface area contributed by atoms with E-state index in [2.05, 4.69) is 37.2 Å². The summed E-state index contributed by atoms with van der Waals surface area (Å²) >= 11 is 6.92. The zero-order valence-corrected chi connectivity index (χ0v) is 15.2. The minimum atomic E-state index is -0.320. The molecule has 0 aromatic heterocycles. The lowest BCUT2D eigenvalue weighted by atomic mass is 10.0. The molecule has 0 saturated heterocycles. The van der Waals surface area contributed by atoms with Gasteiger partial charge >= 0.3 is 5.97 Å². The van der Waals surface area contributed by atoms with E-state index < -0.39 is 0 Å². The fourth-order valence-electron chi connectivity index (χ4n) is 1.86. The molecule has 1 atom stereocenters. The summed E-state index contributed by atoms with van der Waals surface area (Å²) in [5, 5.41) is 3.22. The van der Waals surface area contributed by atoms with Crippen molar-refractivity contribution < 1.29 is 14.3 Å². The highest BCUT2D eigenvalue weighted by Gasteiger charge is 2.22. The molecule has 0 spiro atoms. The van der Waals surface area contributed by atoms with Gasteiger partial charge in [-0.15, -0.1) is 0 Å². The molecule has 0 heterocycles. The fraction of sp³-hybridized carbons (Fsp3) is 0.500. The molecule has 0 radical (unpaired) electrons. The standard InChI is InChI=1S/C14H19Br2NO3/c1-8(2)12(14(18)20-4)17-7-9-5-10(15)13(19-3)11(16)6-9/h5-6,8,12,17H,7H2,1-4H3. The zero-order chi connectivity index (χ0) is 15.3. The van der Waals surface area contributed by atoms with Gasteiger partial charge in [-0.2, -0.15) is 0 Å². The molecule has 0 bridgehead atoms. The largest absolute Gasteiger partial charge is 0.494 e. The first kappa shape index (κ1) is 17.5. The van der Waals surface area contributed by atoms with Gasteiger partial charge in [0.2, 0.25) is 0 Å². The normalized spacial score (nSPS) is 12.3. The number of benzene rings is 1. The Bertz CT molecular complexity index is 454. The van der Waals surface area contributed by atoms with Gasteiger partial charge in [0, 0.05) is 6.54 Å². The van der Waals surface area contributed by atoms with Crippen LogP contribution in [0.2, 0.25) is 0 Å². The van der Waals surface area contributed by atoms with E-state index in [9.17, 15) is 4.79 Å². The van der Waals surface area contributed by atoms with Gasteiger partial charge in [0.1, 0.15) is 11.8 Å². The maximum absolute atomic E-state index is 11.7. The molecule has 0 fully saturated rings. The summed E-state index contributed by atoms with van der Waals surface area (Å²) in [4.78, 5) is 11.7. The number of carbonyl (C=O) groups is 1. The topological polar surface area (TPSA) is 47.6 Å².